The maximum atomic E-state index is 11.1. The van der Waals surface area contributed by atoms with E-state index in [0.717, 1.165) is 37.4 Å². The predicted octanol–water partition coefficient (Wildman–Crippen LogP) is 2.40. The van der Waals surface area contributed by atoms with Gasteiger partial charge in [0.25, 0.3) is 0 Å². The Hall–Kier alpha value is -2.76. The van der Waals surface area contributed by atoms with Crippen LogP contribution >= 0.6 is 0 Å². The standard InChI is InChI=1S/C18H20N2O4/c1-23-15-10-12-6-8-20(9-7-13(12)11-16(15)24-2)17-5-3-4-14(19-17)18(21)22/h3-5,10-11H,6-9H2,1-2H3,(H,21,22). The fourth-order valence-corrected chi connectivity index (χ4v) is 3.00. The number of nitrogens with zero attached hydrogens (tertiary/aromatic N) is 2. The summed E-state index contributed by atoms with van der Waals surface area (Å²) in [5, 5.41) is 9.11. The molecule has 0 spiro atoms. The lowest BCUT2D eigenvalue weighted by atomic mass is 10.0. The van der Waals surface area contributed by atoms with Gasteiger partial charge in [-0.15, -0.1) is 0 Å². The minimum absolute atomic E-state index is 0.0672. The second kappa shape index (κ2) is 6.78. The highest BCUT2D eigenvalue weighted by Gasteiger charge is 2.19. The molecule has 0 fully saturated rings. The summed E-state index contributed by atoms with van der Waals surface area (Å²) in [6.07, 6.45) is 1.68. The van der Waals surface area contributed by atoms with E-state index in [1.54, 1.807) is 20.3 Å². The number of aromatic nitrogens is 1. The summed E-state index contributed by atoms with van der Waals surface area (Å²) in [5.74, 6) is 1.15. The molecule has 0 bridgehead atoms. The van der Waals surface area contributed by atoms with Crippen molar-refractivity contribution < 1.29 is 19.4 Å². The summed E-state index contributed by atoms with van der Waals surface area (Å²) in [4.78, 5) is 17.5. The molecule has 1 aliphatic rings. The van der Waals surface area contributed by atoms with Gasteiger partial charge in [-0.05, 0) is 48.2 Å². The van der Waals surface area contributed by atoms with Crippen molar-refractivity contribution in [2.24, 2.45) is 0 Å². The van der Waals surface area contributed by atoms with Crippen molar-refractivity contribution in [3.63, 3.8) is 0 Å². The maximum Gasteiger partial charge on any atom is 0.354 e. The SMILES string of the molecule is COc1cc2c(cc1OC)CCN(c1cccc(C(=O)O)n1)CC2. The monoisotopic (exact) mass is 328 g/mol. The zero-order valence-corrected chi connectivity index (χ0v) is 13.8. The molecule has 1 aromatic carbocycles. The first-order valence-corrected chi connectivity index (χ1v) is 7.81. The third-order valence-corrected chi connectivity index (χ3v) is 4.29. The zero-order valence-electron chi connectivity index (χ0n) is 13.8. The van der Waals surface area contributed by atoms with Gasteiger partial charge in [-0.1, -0.05) is 6.07 Å². The van der Waals surface area contributed by atoms with E-state index >= 15 is 0 Å². The van der Waals surface area contributed by atoms with Crippen molar-refractivity contribution in [1.82, 2.24) is 4.98 Å². The summed E-state index contributed by atoms with van der Waals surface area (Å²) in [7, 11) is 3.27. The van der Waals surface area contributed by atoms with E-state index in [-0.39, 0.29) is 5.69 Å². The number of hydrogen-bond donors (Lipinski definition) is 1. The molecule has 126 valence electrons. The van der Waals surface area contributed by atoms with Crippen LogP contribution in [0.4, 0.5) is 5.82 Å². The van der Waals surface area contributed by atoms with Crippen LogP contribution in [0.3, 0.4) is 0 Å². The summed E-state index contributed by atoms with van der Waals surface area (Å²) in [5.41, 5.74) is 2.52. The summed E-state index contributed by atoms with van der Waals surface area (Å²) in [6, 6.07) is 9.14. The topological polar surface area (TPSA) is 71.9 Å². The lowest BCUT2D eigenvalue weighted by molar-refractivity contribution is 0.0690. The quantitative estimate of drug-likeness (QED) is 0.929. The number of fused-ring (bicyclic) bond motifs is 1. The number of rotatable bonds is 4. The molecule has 2 heterocycles. The van der Waals surface area contributed by atoms with Crippen molar-refractivity contribution >= 4 is 11.8 Å². The van der Waals surface area contributed by atoms with Gasteiger partial charge in [0.1, 0.15) is 5.82 Å². The van der Waals surface area contributed by atoms with Gasteiger partial charge in [0.05, 0.1) is 14.2 Å². The average Bonchev–Trinajstić information content (AvgIpc) is 2.82. The summed E-state index contributed by atoms with van der Waals surface area (Å²) in [6.45, 7) is 1.55. The molecule has 0 amide bonds. The first-order valence-electron chi connectivity index (χ1n) is 7.81. The first kappa shape index (κ1) is 16.1. The van der Waals surface area contributed by atoms with Gasteiger partial charge in [-0.25, -0.2) is 9.78 Å². The number of aromatic carboxylic acids is 1. The molecule has 6 nitrogen and oxygen atoms in total. The Kier molecular flexibility index (Phi) is 4.55. The molecule has 1 N–H and O–H groups in total. The highest BCUT2D eigenvalue weighted by Crippen LogP contribution is 2.32. The number of pyridine rings is 1. The Morgan fingerprint density at radius 2 is 1.67 bits per heavy atom. The minimum Gasteiger partial charge on any atom is -0.493 e. The van der Waals surface area contributed by atoms with Crippen LogP contribution in [0.25, 0.3) is 0 Å². The van der Waals surface area contributed by atoms with Gasteiger partial charge in [0.2, 0.25) is 0 Å². The number of benzene rings is 1. The fraction of sp³-hybridized carbons (Fsp3) is 0.333. The maximum absolute atomic E-state index is 11.1. The number of methoxy groups -OCH3 is 2. The molecule has 0 radical (unpaired) electrons. The van der Waals surface area contributed by atoms with Crippen LogP contribution < -0.4 is 14.4 Å². The Morgan fingerprint density at radius 3 is 2.17 bits per heavy atom. The molecule has 2 aromatic rings. The number of carboxylic acid groups (broad SMARTS) is 1. The third-order valence-electron chi connectivity index (χ3n) is 4.29. The fourth-order valence-electron chi connectivity index (χ4n) is 3.00. The van der Waals surface area contributed by atoms with Crippen LogP contribution in [0, 0.1) is 0 Å². The molecule has 1 aromatic heterocycles. The molecule has 24 heavy (non-hydrogen) atoms. The number of anilines is 1. The van der Waals surface area contributed by atoms with Crippen LogP contribution in [0.15, 0.2) is 30.3 Å². The van der Waals surface area contributed by atoms with E-state index in [0.29, 0.717) is 5.82 Å². The highest BCUT2D eigenvalue weighted by molar-refractivity contribution is 5.85. The molecule has 6 heteroatoms. The first-order chi connectivity index (χ1) is 11.6. The molecular formula is C18H20N2O4. The lowest BCUT2D eigenvalue weighted by Crippen LogP contribution is -2.27. The molecule has 0 unspecified atom stereocenters. The lowest BCUT2D eigenvalue weighted by Gasteiger charge is -2.21. The van der Waals surface area contributed by atoms with Gasteiger partial charge < -0.3 is 19.5 Å². The van der Waals surface area contributed by atoms with E-state index in [9.17, 15) is 4.79 Å². The van der Waals surface area contributed by atoms with Gasteiger partial charge in [0.15, 0.2) is 17.2 Å². The van der Waals surface area contributed by atoms with Gasteiger partial charge in [-0.2, -0.15) is 0 Å². The number of ether oxygens (including phenoxy) is 2. The molecular weight excluding hydrogens is 308 g/mol. The Balaban J connectivity index is 1.85. The Morgan fingerprint density at radius 1 is 1.08 bits per heavy atom. The zero-order chi connectivity index (χ0) is 17.1. The highest BCUT2D eigenvalue weighted by atomic mass is 16.5. The largest absolute Gasteiger partial charge is 0.493 e. The Labute approximate surface area is 140 Å². The molecule has 0 atom stereocenters. The number of hydrogen-bond acceptors (Lipinski definition) is 5. The molecule has 1 aliphatic heterocycles. The second-order valence-corrected chi connectivity index (χ2v) is 5.65. The van der Waals surface area contributed by atoms with E-state index in [2.05, 4.69) is 9.88 Å². The summed E-state index contributed by atoms with van der Waals surface area (Å²) < 4.78 is 10.8. The molecule has 3 rings (SSSR count). The van der Waals surface area contributed by atoms with Crippen molar-refractivity contribution in [3.05, 3.63) is 47.2 Å². The molecule has 0 saturated carbocycles. The number of carbonyl (C=O) groups is 1. The summed E-state index contributed by atoms with van der Waals surface area (Å²) >= 11 is 0. The predicted molar refractivity (Wildman–Crippen MR) is 90.4 cm³/mol. The minimum atomic E-state index is -1.01. The average molecular weight is 328 g/mol. The third kappa shape index (κ3) is 3.13. The van der Waals surface area contributed by atoms with Crippen LogP contribution in [-0.2, 0) is 12.8 Å². The normalized spacial score (nSPS) is 13.8. The van der Waals surface area contributed by atoms with Gasteiger partial charge in [-0.3, -0.25) is 0 Å². The van der Waals surface area contributed by atoms with Crippen LogP contribution in [-0.4, -0.2) is 43.4 Å². The van der Waals surface area contributed by atoms with Crippen LogP contribution in [0.1, 0.15) is 21.6 Å². The van der Waals surface area contributed by atoms with Crippen LogP contribution in [0.5, 0.6) is 11.5 Å². The van der Waals surface area contributed by atoms with E-state index in [1.165, 1.54) is 17.2 Å². The Bertz CT molecular complexity index is 726. The second-order valence-electron chi connectivity index (χ2n) is 5.65. The van der Waals surface area contributed by atoms with Crippen LogP contribution in [0.2, 0.25) is 0 Å². The van der Waals surface area contributed by atoms with Gasteiger partial charge in [0, 0.05) is 13.1 Å². The van der Waals surface area contributed by atoms with Crippen molar-refractivity contribution in [1.29, 1.82) is 0 Å². The van der Waals surface area contributed by atoms with Gasteiger partial charge >= 0.3 is 5.97 Å². The van der Waals surface area contributed by atoms with E-state index in [1.807, 2.05) is 18.2 Å². The molecule has 0 saturated heterocycles. The molecule has 0 aliphatic carbocycles. The van der Waals surface area contributed by atoms with E-state index < -0.39 is 5.97 Å². The van der Waals surface area contributed by atoms with Crippen molar-refractivity contribution in [2.75, 3.05) is 32.2 Å². The van der Waals surface area contributed by atoms with Crippen molar-refractivity contribution in [3.8, 4) is 11.5 Å². The number of carboxylic acids is 1. The van der Waals surface area contributed by atoms with Crippen molar-refractivity contribution in [2.45, 2.75) is 12.8 Å². The smallest absolute Gasteiger partial charge is 0.354 e. The van der Waals surface area contributed by atoms with E-state index in [4.69, 9.17) is 14.6 Å².